The molecule has 0 atom stereocenters. The normalized spacial score (nSPS) is 10.6. The number of aromatic amines is 1. The first-order valence-electron chi connectivity index (χ1n) is 8.57. The minimum absolute atomic E-state index is 0.0632. The summed E-state index contributed by atoms with van der Waals surface area (Å²) in [5, 5.41) is 7.08. The summed E-state index contributed by atoms with van der Waals surface area (Å²) in [4.78, 5) is 14.4. The number of nitrogens with one attached hydrogen (secondary N) is 1. The van der Waals surface area contributed by atoms with E-state index in [4.69, 9.17) is 17.0 Å². The Hall–Kier alpha value is -2.93. The number of nitrogens with zero attached hydrogens (tertiary/aromatic N) is 3. The third-order valence-electron chi connectivity index (χ3n) is 4.39. The Kier molecular flexibility index (Phi) is 5.71. The molecule has 2 aromatic carbocycles. The number of para-hydroxylation sites is 1. The van der Waals surface area contributed by atoms with Gasteiger partial charge in [-0.15, -0.1) is 0 Å². The first-order valence-corrected chi connectivity index (χ1v) is 8.98. The molecule has 0 saturated carbocycles. The van der Waals surface area contributed by atoms with Gasteiger partial charge in [0, 0.05) is 24.7 Å². The van der Waals surface area contributed by atoms with Crippen LogP contribution >= 0.6 is 12.2 Å². The smallest absolute Gasteiger partial charge is 0.242 e. The Bertz CT molecular complexity index is 992. The maximum Gasteiger partial charge on any atom is 0.242 e. The highest BCUT2D eigenvalue weighted by Crippen LogP contribution is 2.20. The van der Waals surface area contributed by atoms with Crippen molar-refractivity contribution in [1.29, 1.82) is 0 Å². The molecule has 27 heavy (non-hydrogen) atoms. The van der Waals surface area contributed by atoms with Gasteiger partial charge in [-0.05, 0) is 25.2 Å². The van der Waals surface area contributed by atoms with Crippen molar-refractivity contribution < 1.29 is 9.53 Å². The lowest BCUT2D eigenvalue weighted by atomic mass is 10.1. The zero-order chi connectivity index (χ0) is 19.4. The zero-order valence-corrected chi connectivity index (χ0v) is 16.4. The lowest BCUT2D eigenvalue weighted by Gasteiger charge is -2.19. The van der Waals surface area contributed by atoms with Gasteiger partial charge in [-0.3, -0.25) is 14.5 Å². The number of likely N-dealkylation sites (N-methyl/N-ethyl adjacent to an activating group) is 1. The molecule has 0 spiro atoms. The zero-order valence-electron chi connectivity index (χ0n) is 15.6. The molecule has 1 amide bonds. The minimum atomic E-state index is -0.0632. The second-order valence-corrected chi connectivity index (χ2v) is 6.75. The topological polar surface area (TPSA) is 63.1 Å². The van der Waals surface area contributed by atoms with E-state index in [-0.39, 0.29) is 12.5 Å². The molecule has 3 rings (SSSR count). The lowest BCUT2D eigenvalue weighted by Crippen LogP contribution is -2.30. The molecular weight excluding hydrogens is 360 g/mol. The maximum atomic E-state index is 12.8. The predicted octanol–water partition coefficient (Wildman–Crippen LogP) is 3.58. The van der Waals surface area contributed by atoms with Gasteiger partial charge in [-0.25, -0.2) is 0 Å². The molecule has 1 N–H and O–H groups in total. The van der Waals surface area contributed by atoms with Crippen molar-refractivity contribution in [2.24, 2.45) is 0 Å². The minimum Gasteiger partial charge on any atom is -0.496 e. The molecule has 0 aliphatic carbocycles. The van der Waals surface area contributed by atoms with Crippen molar-refractivity contribution in [3.05, 3.63) is 64.4 Å². The first kappa shape index (κ1) is 18.8. The van der Waals surface area contributed by atoms with Gasteiger partial charge in [0.15, 0.2) is 10.6 Å². The van der Waals surface area contributed by atoms with E-state index in [1.165, 1.54) is 0 Å². The van der Waals surface area contributed by atoms with E-state index in [9.17, 15) is 4.79 Å². The van der Waals surface area contributed by atoms with Crippen LogP contribution in [-0.2, 0) is 17.9 Å². The fraction of sp³-hybridized carbons (Fsp3) is 0.250. The molecule has 0 aliphatic rings. The summed E-state index contributed by atoms with van der Waals surface area (Å²) in [7, 11) is 3.39. The lowest BCUT2D eigenvalue weighted by molar-refractivity contribution is -0.131. The van der Waals surface area contributed by atoms with Gasteiger partial charge in [0.2, 0.25) is 5.91 Å². The van der Waals surface area contributed by atoms with Crippen LogP contribution in [0.15, 0.2) is 48.5 Å². The van der Waals surface area contributed by atoms with E-state index >= 15 is 0 Å². The molecule has 140 valence electrons. The van der Waals surface area contributed by atoms with Crippen molar-refractivity contribution in [1.82, 2.24) is 19.7 Å². The molecule has 1 heterocycles. The van der Waals surface area contributed by atoms with Crippen LogP contribution < -0.4 is 4.74 Å². The monoisotopic (exact) mass is 382 g/mol. The van der Waals surface area contributed by atoms with Gasteiger partial charge in [0.25, 0.3) is 0 Å². The number of rotatable bonds is 6. The number of ether oxygens (including phenoxy) is 1. The molecule has 0 radical (unpaired) electrons. The number of benzene rings is 2. The van der Waals surface area contributed by atoms with Gasteiger partial charge in [0.1, 0.15) is 12.3 Å². The number of aryl methyl sites for hydroxylation is 1. The SMILES string of the molecule is COc1ccccc1CN(C)C(=O)Cn1c(-c2ccc(C)cc2)n[nH]c1=S. The fourth-order valence-corrected chi connectivity index (χ4v) is 3.02. The molecule has 7 heteroatoms. The van der Waals surface area contributed by atoms with E-state index in [0.717, 1.165) is 22.4 Å². The Morgan fingerprint density at radius 3 is 2.63 bits per heavy atom. The summed E-state index contributed by atoms with van der Waals surface area (Å²) in [6, 6.07) is 15.6. The second kappa shape index (κ2) is 8.18. The second-order valence-electron chi connectivity index (χ2n) is 6.37. The van der Waals surface area contributed by atoms with E-state index in [1.54, 1.807) is 23.6 Å². The first-order chi connectivity index (χ1) is 13.0. The Morgan fingerprint density at radius 2 is 1.93 bits per heavy atom. The molecule has 0 unspecified atom stereocenters. The van der Waals surface area contributed by atoms with Crippen LogP contribution in [0.4, 0.5) is 0 Å². The Labute approximate surface area is 163 Å². The summed E-state index contributed by atoms with van der Waals surface area (Å²) < 4.78 is 7.51. The molecule has 3 aromatic rings. The van der Waals surface area contributed by atoms with Crippen LogP contribution in [0.1, 0.15) is 11.1 Å². The summed E-state index contributed by atoms with van der Waals surface area (Å²) in [6.45, 7) is 2.59. The number of aromatic nitrogens is 3. The van der Waals surface area contributed by atoms with Gasteiger partial charge in [-0.1, -0.05) is 48.0 Å². The van der Waals surface area contributed by atoms with E-state index in [2.05, 4.69) is 10.2 Å². The molecular formula is C20H22N4O2S. The average molecular weight is 382 g/mol. The van der Waals surface area contributed by atoms with Crippen molar-refractivity contribution in [3.63, 3.8) is 0 Å². The van der Waals surface area contributed by atoms with Crippen LogP contribution in [0.5, 0.6) is 5.75 Å². The number of H-pyrrole nitrogens is 1. The summed E-state index contributed by atoms with van der Waals surface area (Å²) in [5.41, 5.74) is 3.02. The van der Waals surface area contributed by atoms with Crippen LogP contribution in [-0.4, -0.2) is 39.7 Å². The Morgan fingerprint density at radius 1 is 1.22 bits per heavy atom. The molecule has 6 nitrogen and oxygen atoms in total. The number of carbonyl (C=O) groups excluding carboxylic acids is 1. The third kappa shape index (κ3) is 4.25. The predicted molar refractivity (Wildman–Crippen MR) is 107 cm³/mol. The largest absolute Gasteiger partial charge is 0.496 e. The van der Waals surface area contributed by atoms with Crippen LogP contribution in [0.25, 0.3) is 11.4 Å². The molecule has 0 saturated heterocycles. The quantitative estimate of drug-likeness (QED) is 0.662. The standard InChI is InChI=1S/C20H22N4O2S/c1-14-8-10-15(11-9-14)19-21-22-20(27)24(19)13-18(25)23(2)12-16-6-4-5-7-17(16)26-3/h4-11H,12-13H2,1-3H3,(H,22,27). The van der Waals surface area contributed by atoms with E-state index in [1.807, 2.05) is 55.5 Å². The molecule has 0 fully saturated rings. The van der Waals surface area contributed by atoms with Crippen LogP contribution in [0.3, 0.4) is 0 Å². The number of hydrogen-bond acceptors (Lipinski definition) is 4. The van der Waals surface area contributed by atoms with E-state index in [0.29, 0.717) is 17.1 Å². The summed E-state index contributed by atoms with van der Waals surface area (Å²) >= 11 is 5.33. The highest BCUT2D eigenvalue weighted by molar-refractivity contribution is 7.71. The van der Waals surface area contributed by atoms with Gasteiger partial charge in [0.05, 0.1) is 7.11 Å². The van der Waals surface area contributed by atoms with Gasteiger partial charge >= 0.3 is 0 Å². The molecule has 0 bridgehead atoms. The van der Waals surface area contributed by atoms with Crippen molar-refractivity contribution in [2.75, 3.05) is 14.2 Å². The van der Waals surface area contributed by atoms with Gasteiger partial charge < -0.3 is 9.64 Å². The third-order valence-corrected chi connectivity index (χ3v) is 4.70. The van der Waals surface area contributed by atoms with Crippen LogP contribution in [0.2, 0.25) is 0 Å². The number of carbonyl (C=O) groups is 1. The highest BCUT2D eigenvalue weighted by atomic mass is 32.1. The summed E-state index contributed by atoms with van der Waals surface area (Å²) in [5.74, 6) is 1.35. The number of hydrogen-bond donors (Lipinski definition) is 1. The van der Waals surface area contributed by atoms with Crippen molar-refractivity contribution >= 4 is 18.1 Å². The Balaban J connectivity index is 1.79. The van der Waals surface area contributed by atoms with Crippen LogP contribution in [0, 0.1) is 11.7 Å². The summed E-state index contributed by atoms with van der Waals surface area (Å²) in [6.07, 6.45) is 0. The molecule has 0 aliphatic heterocycles. The highest BCUT2D eigenvalue weighted by Gasteiger charge is 2.16. The number of methoxy groups -OCH3 is 1. The average Bonchev–Trinajstić information content (AvgIpc) is 3.03. The van der Waals surface area contributed by atoms with Gasteiger partial charge in [-0.2, -0.15) is 5.10 Å². The van der Waals surface area contributed by atoms with Crippen molar-refractivity contribution in [3.8, 4) is 17.1 Å². The maximum absolute atomic E-state index is 12.8. The fourth-order valence-electron chi connectivity index (χ4n) is 2.82. The van der Waals surface area contributed by atoms with Crippen molar-refractivity contribution in [2.45, 2.75) is 20.0 Å². The number of amides is 1. The molecule has 1 aromatic heterocycles. The van der Waals surface area contributed by atoms with E-state index < -0.39 is 0 Å².